The van der Waals surface area contributed by atoms with Gasteiger partial charge < -0.3 is 4.90 Å². The molecular formula is C21H18N2O3. The van der Waals surface area contributed by atoms with Gasteiger partial charge in [-0.3, -0.25) is 14.9 Å². The maximum atomic E-state index is 11.6. The van der Waals surface area contributed by atoms with E-state index >= 15 is 0 Å². The minimum Gasteiger partial charge on any atom is -0.357 e. The highest BCUT2D eigenvalue weighted by Crippen LogP contribution is 2.31. The highest BCUT2D eigenvalue weighted by Gasteiger charge is 2.20. The Bertz CT molecular complexity index is 854. The molecule has 0 unspecified atom stereocenters. The lowest BCUT2D eigenvalue weighted by molar-refractivity contribution is -0.384. The fourth-order valence-corrected chi connectivity index (χ4v) is 2.86. The van der Waals surface area contributed by atoms with Crippen LogP contribution in [0.3, 0.4) is 0 Å². The largest absolute Gasteiger partial charge is 0.357 e. The molecule has 0 amide bonds. The smallest absolute Gasteiger partial charge is 0.293 e. The summed E-state index contributed by atoms with van der Waals surface area (Å²) in [6, 6.07) is 24.2. The molecule has 26 heavy (non-hydrogen) atoms. The second kappa shape index (κ2) is 8.07. The average molecular weight is 346 g/mol. The van der Waals surface area contributed by atoms with Crippen molar-refractivity contribution < 1.29 is 9.72 Å². The molecule has 3 aromatic rings. The number of rotatable bonds is 7. The van der Waals surface area contributed by atoms with Gasteiger partial charge in [0.15, 0.2) is 0 Å². The molecule has 3 rings (SSSR count). The van der Waals surface area contributed by atoms with Crippen molar-refractivity contribution in [3.05, 3.63) is 106 Å². The van der Waals surface area contributed by atoms with Gasteiger partial charge >= 0.3 is 0 Å². The van der Waals surface area contributed by atoms with Crippen LogP contribution in [0.2, 0.25) is 0 Å². The third kappa shape index (κ3) is 4.13. The second-order valence-electron chi connectivity index (χ2n) is 5.95. The first-order chi connectivity index (χ1) is 12.7. The summed E-state index contributed by atoms with van der Waals surface area (Å²) in [6.07, 6.45) is 0.621. The number of nitrogens with zero attached hydrogens (tertiary/aromatic N) is 2. The van der Waals surface area contributed by atoms with E-state index in [1.807, 2.05) is 65.6 Å². The zero-order valence-corrected chi connectivity index (χ0v) is 14.1. The van der Waals surface area contributed by atoms with Gasteiger partial charge in [0.1, 0.15) is 12.0 Å². The molecule has 0 N–H and O–H groups in total. The molecule has 0 saturated carbocycles. The zero-order valence-electron chi connectivity index (χ0n) is 14.1. The van der Waals surface area contributed by atoms with Gasteiger partial charge in [0, 0.05) is 24.7 Å². The summed E-state index contributed by atoms with van der Waals surface area (Å²) in [6.45, 7) is 1.05. The Labute approximate surface area is 151 Å². The number of carbonyl (C=O) groups is 1. The van der Waals surface area contributed by atoms with Crippen LogP contribution in [0.5, 0.6) is 0 Å². The van der Waals surface area contributed by atoms with E-state index in [-0.39, 0.29) is 5.69 Å². The van der Waals surface area contributed by atoms with Gasteiger partial charge in [-0.2, -0.15) is 0 Å². The molecule has 130 valence electrons. The summed E-state index contributed by atoms with van der Waals surface area (Å²) < 4.78 is 0. The van der Waals surface area contributed by atoms with Crippen LogP contribution < -0.4 is 4.90 Å². The highest BCUT2D eigenvalue weighted by atomic mass is 16.6. The van der Waals surface area contributed by atoms with E-state index in [2.05, 4.69) is 0 Å². The number of nitro benzene ring substituents is 1. The van der Waals surface area contributed by atoms with Crippen molar-refractivity contribution >= 4 is 17.7 Å². The van der Waals surface area contributed by atoms with Gasteiger partial charge in [0.2, 0.25) is 0 Å². The van der Waals surface area contributed by atoms with Crippen LogP contribution >= 0.6 is 0 Å². The van der Waals surface area contributed by atoms with Gasteiger partial charge in [-0.05, 0) is 23.3 Å². The Balaban J connectivity index is 2.02. The predicted octanol–water partition coefficient (Wildman–Crippen LogP) is 4.61. The zero-order chi connectivity index (χ0) is 18.4. The molecular weight excluding hydrogens is 328 g/mol. The number of aldehydes is 1. The van der Waals surface area contributed by atoms with Crippen LogP contribution in [0.1, 0.15) is 21.5 Å². The van der Waals surface area contributed by atoms with Crippen LogP contribution in [0.15, 0.2) is 78.9 Å². The molecule has 0 fully saturated rings. The monoisotopic (exact) mass is 346 g/mol. The highest BCUT2D eigenvalue weighted by molar-refractivity contribution is 5.79. The van der Waals surface area contributed by atoms with E-state index in [0.717, 1.165) is 11.1 Å². The van der Waals surface area contributed by atoms with Crippen molar-refractivity contribution in [1.29, 1.82) is 0 Å². The summed E-state index contributed by atoms with van der Waals surface area (Å²) in [5.74, 6) is 0. The number of anilines is 1. The lowest BCUT2D eigenvalue weighted by atomic mass is 10.1. The number of hydrogen-bond acceptors (Lipinski definition) is 4. The Morgan fingerprint density at radius 3 is 1.85 bits per heavy atom. The van der Waals surface area contributed by atoms with Crippen molar-refractivity contribution in [2.24, 2.45) is 0 Å². The van der Waals surface area contributed by atoms with Gasteiger partial charge in [-0.15, -0.1) is 0 Å². The van der Waals surface area contributed by atoms with Gasteiger partial charge in [-0.1, -0.05) is 60.7 Å². The Hall–Kier alpha value is -3.47. The van der Waals surface area contributed by atoms with E-state index in [1.54, 1.807) is 12.1 Å². The first-order valence-corrected chi connectivity index (χ1v) is 8.24. The van der Waals surface area contributed by atoms with Crippen LogP contribution in [0.25, 0.3) is 0 Å². The van der Waals surface area contributed by atoms with Gasteiger partial charge in [0.05, 0.1) is 4.92 Å². The normalized spacial score (nSPS) is 10.3. The van der Waals surface area contributed by atoms with E-state index in [9.17, 15) is 14.9 Å². The molecule has 0 atom stereocenters. The molecule has 0 spiro atoms. The summed E-state index contributed by atoms with van der Waals surface area (Å²) >= 11 is 0. The average Bonchev–Trinajstić information content (AvgIpc) is 2.68. The van der Waals surface area contributed by atoms with Crippen LogP contribution in [-0.4, -0.2) is 11.2 Å². The quantitative estimate of drug-likeness (QED) is 0.356. The maximum absolute atomic E-state index is 11.6. The first-order valence-electron chi connectivity index (χ1n) is 8.24. The van der Waals surface area contributed by atoms with E-state index < -0.39 is 4.92 Å². The Kier molecular flexibility index (Phi) is 5.39. The molecule has 0 aliphatic rings. The molecule has 3 aromatic carbocycles. The number of hydrogen-bond donors (Lipinski definition) is 0. The number of nitro groups is 1. The van der Waals surface area contributed by atoms with Crippen molar-refractivity contribution in [2.45, 2.75) is 13.1 Å². The third-order valence-electron chi connectivity index (χ3n) is 4.11. The standard InChI is InChI=1S/C21H18N2O3/c24-16-19-11-12-20(21(13-19)23(25)26)22(14-17-7-3-1-4-8-17)15-18-9-5-2-6-10-18/h1-13,16H,14-15H2. The summed E-state index contributed by atoms with van der Waals surface area (Å²) in [5, 5.41) is 11.6. The predicted molar refractivity (Wildman–Crippen MR) is 101 cm³/mol. The number of carbonyl (C=O) groups excluding carboxylic acids is 1. The molecule has 0 heterocycles. The Morgan fingerprint density at radius 1 is 0.846 bits per heavy atom. The lowest BCUT2D eigenvalue weighted by Crippen LogP contribution is -2.23. The molecule has 0 aromatic heterocycles. The third-order valence-corrected chi connectivity index (χ3v) is 4.11. The molecule has 0 bridgehead atoms. The van der Waals surface area contributed by atoms with E-state index in [0.29, 0.717) is 30.6 Å². The SMILES string of the molecule is O=Cc1ccc(N(Cc2ccccc2)Cc2ccccc2)c([N+](=O)[O-])c1. The molecule has 5 nitrogen and oxygen atoms in total. The van der Waals surface area contributed by atoms with Crippen molar-refractivity contribution in [2.75, 3.05) is 4.90 Å². The minimum atomic E-state index is -0.439. The summed E-state index contributed by atoms with van der Waals surface area (Å²) in [4.78, 5) is 24.1. The fourth-order valence-electron chi connectivity index (χ4n) is 2.86. The fraction of sp³-hybridized carbons (Fsp3) is 0.0952. The molecule has 0 aliphatic carbocycles. The lowest BCUT2D eigenvalue weighted by Gasteiger charge is -2.25. The van der Waals surface area contributed by atoms with E-state index in [1.165, 1.54) is 6.07 Å². The van der Waals surface area contributed by atoms with Crippen LogP contribution in [-0.2, 0) is 13.1 Å². The van der Waals surface area contributed by atoms with Gasteiger partial charge in [-0.25, -0.2) is 0 Å². The molecule has 0 saturated heterocycles. The molecule has 0 radical (unpaired) electrons. The summed E-state index contributed by atoms with van der Waals surface area (Å²) in [7, 11) is 0. The van der Waals surface area contributed by atoms with Crippen molar-refractivity contribution in [1.82, 2.24) is 0 Å². The molecule has 0 aliphatic heterocycles. The maximum Gasteiger partial charge on any atom is 0.293 e. The topological polar surface area (TPSA) is 63.5 Å². The first kappa shape index (κ1) is 17.4. The number of benzene rings is 3. The summed E-state index contributed by atoms with van der Waals surface area (Å²) in [5.41, 5.74) is 2.82. The van der Waals surface area contributed by atoms with Crippen LogP contribution in [0.4, 0.5) is 11.4 Å². The van der Waals surface area contributed by atoms with Gasteiger partial charge in [0.25, 0.3) is 5.69 Å². The molecule has 5 heteroatoms. The van der Waals surface area contributed by atoms with Crippen molar-refractivity contribution in [3.8, 4) is 0 Å². The Morgan fingerprint density at radius 2 is 1.38 bits per heavy atom. The minimum absolute atomic E-state index is 0.0681. The van der Waals surface area contributed by atoms with E-state index in [4.69, 9.17) is 0 Å². The van der Waals surface area contributed by atoms with Crippen molar-refractivity contribution in [3.63, 3.8) is 0 Å². The second-order valence-corrected chi connectivity index (χ2v) is 5.95. The van der Waals surface area contributed by atoms with Crippen LogP contribution in [0, 0.1) is 10.1 Å².